The number of hydrogen-bond acceptors (Lipinski definition) is 8. The largest absolute Gasteiger partial charge is 0.471 e. The minimum Gasteiger partial charge on any atom is -0.471 e. The van der Waals surface area contributed by atoms with Crippen LogP contribution in [0, 0.1) is 23.2 Å². The molecule has 11 heteroatoms. The molecule has 2 bridgehead atoms. The van der Waals surface area contributed by atoms with Crippen LogP contribution in [0.15, 0.2) is 18.2 Å². The fourth-order valence-corrected chi connectivity index (χ4v) is 6.45. The summed E-state index contributed by atoms with van der Waals surface area (Å²) in [5, 5.41) is 0. The number of amides is 1. The Bertz CT molecular complexity index is 1380. The number of nitrogens with zero attached hydrogens (tertiary/aromatic N) is 3. The first-order chi connectivity index (χ1) is 20.3. The Morgan fingerprint density at radius 1 is 1.14 bits per heavy atom. The molecule has 1 amide bonds. The van der Waals surface area contributed by atoms with Gasteiger partial charge in [0.05, 0.1) is 36.0 Å². The standard InChI is InChI=1S/C32H41F2N3O6/c1-18-25(17-38)37-16-26(18)42-28-23(35-22-12-11-20(41-30(33)34)13-24(22)36-28)10-8-6-7-9-19-15-32(19,5)43-27(39)14-21(29(37)40)31(2,3)4/h11-13,17-19,21,25-26,30H,6-10,14-16H2,1-5H3/t18-,19+,21+,25+,26-,32+/m0/s1. The number of carbonyl (C=O) groups excluding carboxylic acids is 3. The molecule has 1 saturated heterocycles. The normalized spacial score (nSPS) is 30.5. The highest BCUT2D eigenvalue weighted by molar-refractivity contribution is 5.87. The second-order valence-electron chi connectivity index (χ2n) is 13.5. The van der Waals surface area contributed by atoms with Crippen molar-refractivity contribution < 1.29 is 37.4 Å². The summed E-state index contributed by atoms with van der Waals surface area (Å²) in [6.07, 6.45) is 5.13. The van der Waals surface area contributed by atoms with Gasteiger partial charge >= 0.3 is 12.6 Å². The maximum atomic E-state index is 14.0. The van der Waals surface area contributed by atoms with Gasteiger partial charge in [0.25, 0.3) is 0 Å². The van der Waals surface area contributed by atoms with Gasteiger partial charge in [-0.25, -0.2) is 9.97 Å². The lowest BCUT2D eigenvalue weighted by atomic mass is 9.77. The average molecular weight is 602 g/mol. The number of esters is 1. The van der Waals surface area contributed by atoms with Crippen LogP contribution in [-0.2, 0) is 25.5 Å². The molecule has 3 aliphatic rings. The van der Waals surface area contributed by atoms with Crippen LogP contribution in [0.5, 0.6) is 11.6 Å². The van der Waals surface area contributed by atoms with Crippen LogP contribution in [0.4, 0.5) is 8.78 Å². The molecule has 2 fully saturated rings. The van der Waals surface area contributed by atoms with Crippen molar-refractivity contribution in [2.24, 2.45) is 23.2 Å². The summed E-state index contributed by atoms with van der Waals surface area (Å²) in [4.78, 5) is 50.4. The van der Waals surface area contributed by atoms with Crippen LogP contribution >= 0.6 is 0 Å². The number of aromatic nitrogens is 2. The highest BCUT2D eigenvalue weighted by atomic mass is 19.3. The highest BCUT2D eigenvalue weighted by Crippen LogP contribution is 2.50. The van der Waals surface area contributed by atoms with Crippen molar-refractivity contribution in [2.75, 3.05) is 6.54 Å². The van der Waals surface area contributed by atoms with Crippen LogP contribution in [-0.4, -0.2) is 63.9 Å². The number of alkyl halides is 2. The molecule has 1 aliphatic carbocycles. The van der Waals surface area contributed by atoms with E-state index in [2.05, 4.69) is 9.72 Å². The lowest BCUT2D eigenvalue weighted by molar-refractivity contribution is -0.158. The number of ether oxygens (including phenoxy) is 3. The quantitative estimate of drug-likeness (QED) is 0.335. The third-order valence-corrected chi connectivity index (χ3v) is 9.33. The van der Waals surface area contributed by atoms with Gasteiger partial charge in [0.15, 0.2) is 0 Å². The number of aldehydes is 1. The van der Waals surface area contributed by atoms with Crippen molar-refractivity contribution in [1.29, 1.82) is 0 Å². The minimum absolute atomic E-state index is 0.0391. The minimum atomic E-state index is -2.98. The van der Waals surface area contributed by atoms with Crippen molar-refractivity contribution >= 4 is 29.2 Å². The summed E-state index contributed by atoms with van der Waals surface area (Å²) in [5.41, 5.74) is 0.421. The van der Waals surface area contributed by atoms with Gasteiger partial charge in [0, 0.05) is 17.9 Å². The first-order valence-corrected chi connectivity index (χ1v) is 15.2. The molecule has 5 rings (SSSR count). The zero-order chi connectivity index (χ0) is 31.1. The fourth-order valence-electron chi connectivity index (χ4n) is 6.45. The first-order valence-electron chi connectivity index (χ1n) is 15.2. The third-order valence-electron chi connectivity index (χ3n) is 9.33. The highest BCUT2D eigenvalue weighted by Gasteiger charge is 2.54. The van der Waals surface area contributed by atoms with Gasteiger partial charge in [-0.3, -0.25) is 9.59 Å². The molecule has 0 unspecified atom stereocenters. The van der Waals surface area contributed by atoms with E-state index in [-0.39, 0.29) is 42.3 Å². The number of carbonyl (C=O) groups is 3. The second kappa shape index (κ2) is 12.0. The molecule has 3 heterocycles. The Hall–Kier alpha value is -3.37. The first kappa shape index (κ1) is 31.1. The molecule has 2 aromatic rings. The Morgan fingerprint density at radius 3 is 2.60 bits per heavy atom. The van der Waals surface area contributed by atoms with Gasteiger partial charge < -0.3 is 23.9 Å². The number of hydrogen-bond donors (Lipinski definition) is 0. The summed E-state index contributed by atoms with van der Waals surface area (Å²) >= 11 is 0. The molecule has 1 aromatic carbocycles. The van der Waals surface area contributed by atoms with E-state index in [1.165, 1.54) is 17.0 Å². The second-order valence-corrected chi connectivity index (χ2v) is 13.5. The van der Waals surface area contributed by atoms with E-state index >= 15 is 0 Å². The van der Waals surface area contributed by atoms with Gasteiger partial charge in [-0.2, -0.15) is 8.78 Å². The van der Waals surface area contributed by atoms with Crippen molar-refractivity contribution in [3.05, 3.63) is 23.9 Å². The topological polar surface area (TPSA) is 108 Å². The van der Waals surface area contributed by atoms with Crippen LogP contribution < -0.4 is 9.47 Å². The van der Waals surface area contributed by atoms with E-state index in [0.717, 1.165) is 38.4 Å². The number of aryl methyl sites for hydroxylation is 1. The maximum Gasteiger partial charge on any atom is 0.387 e. The van der Waals surface area contributed by atoms with E-state index in [4.69, 9.17) is 14.5 Å². The van der Waals surface area contributed by atoms with Gasteiger partial charge in [-0.05, 0) is 50.2 Å². The number of rotatable bonds is 3. The molecule has 0 N–H and O–H groups in total. The molecule has 2 aliphatic heterocycles. The molecule has 0 spiro atoms. The molecule has 6 atom stereocenters. The van der Waals surface area contributed by atoms with Gasteiger partial charge in [0.2, 0.25) is 11.8 Å². The Balaban J connectivity index is 1.50. The summed E-state index contributed by atoms with van der Waals surface area (Å²) in [5.74, 6) is -1.27. The molecule has 1 aromatic heterocycles. The molecule has 1 saturated carbocycles. The predicted octanol–water partition coefficient (Wildman–Crippen LogP) is 5.52. The number of fused-ring (bicyclic) bond motifs is 5. The monoisotopic (exact) mass is 601 g/mol. The fraction of sp³-hybridized carbons (Fsp3) is 0.656. The smallest absolute Gasteiger partial charge is 0.387 e. The summed E-state index contributed by atoms with van der Waals surface area (Å²) in [7, 11) is 0. The van der Waals surface area contributed by atoms with E-state index in [1.807, 2.05) is 34.6 Å². The van der Waals surface area contributed by atoms with Gasteiger partial charge in [-0.1, -0.05) is 40.5 Å². The SMILES string of the molecule is C[C@@H]1[C@@H]2CN(C(=O)[C@H](C(C)(C)C)CC(=O)O[C@]3(C)C[C@H]3CCCCCc3nc4ccc(OC(F)F)cc4nc3O2)[C@@H]1C=O. The van der Waals surface area contributed by atoms with Crippen molar-refractivity contribution in [1.82, 2.24) is 14.9 Å². The maximum absolute atomic E-state index is 14.0. The number of halogens is 2. The van der Waals surface area contributed by atoms with Crippen molar-refractivity contribution in [3.8, 4) is 11.6 Å². The van der Waals surface area contributed by atoms with E-state index in [1.54, 1.807) is 6.07 Å². The zero-order valence-corrected chi connectivity index (χ0v) is 25.5. The molecular weight excluding hydrogens is 560 g/mol. The predicted molar refractivity (Wildman–Crippen MR) is 154 cm³/mol. The average Bonchev–Trinajstić information content (AvgIpc) is 3.44. The third kappa shape index (κ3) is 6.75. The summed E-state index contributed by atoms with van der Waals surface area (Å²) in [6.45, 7) is 6.67. The Morgan fingerprint density at radius 2 is 1.91 bits per heavy atom. The van der Waals surface area contributed by atoms with Gasteiger partial charge in [-0.15, -0.1) is 0 Å². The summed E-state index contributed by atoms with van der Waals surface area (Å²) < 4.78 is 42.6. The summed E-state index contributed by atoms with van der Waals surface area (Å²) in [6, 6.07) is 3.66. The van der Waals surface area contributed by atoms with Crippen LogP contribution in [0.3, 0.4) is 0 Å². The van der Waals surface area contributed by atoms with E-state index in [9.17, 15) is 23.2 Å². The van der Waals surface area contributed by atoms with Crippen LogP contribution in [0.1, 0.15) is 78.8 Å². The molecule has 0 radical (unpaired) electrons. The van der Waals surface area contributed by atoms with Crippen LogP contribution in [0.2, 0.25) is 0 Å². The number of benzene rings is 1. The molecular formula is C32H41F2N3O6. The lowest BCUT2D eigenvalue weighted by Crippen LogP contribution is -2.46. The van der Waals surface area contributed by atoms with Crippen molar-refractivity contribution in [2.45, 2.75) is 104 Å². The lowest BCUT2D eigenvalue weighted by Gasteiger charge is -2.34. The Kier molecular flexibility index (Phi) is 8.64. The van der Waals surface area contributed by atoms with Crippen LogP contribution in [0.25, 0.3) is 11.0 Å². The van der Waals surface area contributed by atoms with E-state index < -0.39 is 41.7 Å². The Labute approximate surface area is 250 Å². The molecule has 234 valence electrons. The van der Waals surface area contributed by atoms with Crippen molar-refractivity contribution in [3.63, 3.8) is 0 Å². The van der Waals surface area contributed by atoms with E-state index in [0.29, 0.717) is 23.1 Å². The molecule has 9 nitrogen and oxygen atoms in total. The molecule has 43 heavy (non-hydrogen) atoms. The zero-order valence-electron chi connectivity index (χ0n) is 25.5. The van der Waals surface area contributed by atoms with Gasteiger partial charge in [0.1, 0.15) is 29.4 Å².